The first-order valence-electron chi connectivity index (χ1n) is 5.72. The van der Waals surface area contributed by atoms with Gasteiger partial charge < -0.3 is 11.1 Å². The predicted octanol–water partition coefficient (Wildman–Crippen LogP) is 1.17. The van der Waals surface area contributed by atoms with E-state index in [1.54, 1.807) is 5.38 Å². The van der Waals surface area contributed by atoms with Crippen molar-refractivity contribution in [1.82, 2.24) is 10.3 Å². The lowest BCUT2D eigenvalue weighted by Gasteiger charge is -2.01. The van der Waals surface area contributed by atoms with Crippen LogP contribution in [0.1, 0.15) is 34.8 Å². The van der Waals surface area contributed by atoms with Crippen LogP contribution in [0.5, 0.6) is 0 Å². The molecule has 88 valence electrons. The van der Waals surface area contributed by atoms with Crippen molar-refractivity contribution in [3.05, 3.63) is 16.1 Å². The molecule has 5 heteroatoms. The Balaban J connectivity index is 1.77. The minimum absolute atomic E-state index is 0.0554. The predicted molar refractivity (Wildman–Crippen MR) is 64.5 cm³/mol. The van der Waals surface area contributed by atoms with E-state index in [0.29, 0.717) is 12.2 Å². The SMILES string of the molecule is NCCc1nc(C(=O)NCCC2CC2)cs1. The van der Waals surface area contributed by atoms with Crippen LogP contribution in [0.15, 0.2) is 5.38 Å². The number of amides is 1. The van der Waals surface area contributed by atoms with Crippen molar-refractivity contribution in [3.63, 3.8) is 0 Å². The van der Waals surface area contributed by atoms with E-state index in [9.17, 15) is 4.79 Å². The van der Waals surface area contributed by atoms with Crippen molar-refractivity contribution >= 4 is 17.2 Å². The molecule has 1 aromatic rings. The van der Waals surface area contributed by atoms with Crippen LogP contribution < -0.4 is 11.1 Å². The van der Waals surface area contributed by atoms with Gasteiger partial charge in [-0.2, -0.15) is 0 Å². The van der Waals surface area contributed by atoms with Gasteiger partial charge in [-0.3, -0.25) is 4.79 Å². The number of nitrogens with two attached hydrogens (primary N) is 1. The molecule has 1 aromatic heterocycles. The Hall–Kier alpha value is -0.940. The summed E-state index contributed by atoms with van der Waals surface area (Å²) in [7, 11) is 0. The largest absolute Gasteiger partial charge is 0.351 e. The molecule has 0 atom stereocenters. The molecule has 4 nitrogen and oxygen atoms in total. The molecule has 0 spiro atoms. The Morgan fingerprint density at radius 2 is 2.44 bits per heavy atom. The normalized spacial score (nSPS) is 15.1. The molecule has 16 heavy (non-hydrogen) atoms. The van der Waals surface area contributed by atoms with Gasteiger partial charge in [0.2, 0.25) is 0 Å². The molecule has 1 amide bonds. The van der Waals surface area contributed by atoms with Crippen LogP contribution >= 0.6 is 11.3 Å². The lowest BCUT2D eigenvalue weighted by molar-refractivity contribution is 0.0948. The van der Waals surface area contributed by atoms with Crippen molar-refractivity contribution in [2.45, 2.75) is 25.7 Å². The van der Waals surface area contributed by atoms with Crippen molar-refractivity contribution in [2.24, 2.45) is 11.7 Å². The van der Waals surface area contributed by atoms with E-state index in [1.165, 1.54) is 24.2 Å². The van der Waals surface area contributed by atoms with Gasteiger partial charge in [0.25, 0.3) is 5.91 Å². The summed E-state index contributed by atoms with van der Waals surface area (Å²) >= 11 is 1.50. The van der Waals surface area contributed by atoms with Crippen LogP contribution in [0, 0.1) is 5.92 Å². The Morgan fingerprint density at radius 3 is 3.12 bits per heavy atom. The Morgan fingerprint density at radius 1 is 1.62 bits per heavy atom. The van der Waals surface area contributed by atoms with Gasteiger partial charge in [-0.05, 0) is 18.9 Å². The molecule has 1 aliphatic carbocycles. The number of rotatable bonds is 6. The van der Waals surface area contributed by atoms with Gasteiger partial charge in [0.1, 0.15) is 5.69 Å². The zero-order chi connectivity index (χ0) is 11.4. The summed E-state index contributed by atoms with van der Waals surface area (Å²) in [6.07, 6.45) is 4.51. The van der Waals surface area contributed by atoms with E-state index < -0.39 is 0 Å². The molecule has 3 N–H and O–H groups in total. The van der Waals surface area contributed by atoms with Gasteiger partial charge in [-0.25, -0.2) is 4.98 Å². The molecule has 0 unspecified atom stereocenters. The second-order valence-corrected chi connectivity index (χ2v) is 5.10. The smallest absolute Gasteiger partial charge is 0.270 e. The third-order valence-corrected chi connectivity index (χ3v) is 3.59. The van der Waals surface area contributed by atoms with Crippen LogP contribution in [-0.2, 0) is 6.42 Å². The second kappa shape index (κ2) is 5.41. The molecule has 0 aliphatic heterocycles. The zero-order valence-corrected chi connectivity index (χ0v) is 10.1. The Kier molecular flexibility index (Phi) is 3.90. The van der Waals surface area contributed by atoms with Gasteiger partial charge in [-0.1, -0.05) is 12.8 Å². The number of hydrogen-bond acceptors (Lipinski definition) is 4. The molecule has 2 rings (SSSR count). The number of aromatic nitrogens is 1. The third-order valence-electron chi connectivity index (χ3n) is 2.68. The van der Waals surface area contributed by atoms with Crippen molar-refractivity contribution in [2.75, 3.05) is 13.1 Å². The fourth-order valence-electron chi connectivity index (χ4n) is 1.54. The highest BCUT2D eigenvalue weighted by Crippen LogP contribution is 2.31. The Labute approximate surface area is 99.3 Å². The number of hydrogen-bond donors (Lipinski definition) is 2. The molecule has 1 fully saturated rings. The van der Waals surface area contributed by atoms with Gasteiger partial charge in [-0.15, -0.1) is 11.3 Å². The fourth-order valence-corrected chi connectivity index (χ4v) is 2.33. The summed E-state index contributed by atoms with van der Waals surface area (Å²) in [5.41, 5.74) is 5.96. The van der Waals surface area contributed by atoms with E-state index in [2.05, 4.69) is 10.3 Å². The quantitative estimate of drug-likeness (QED) is 0.783. The molecule has 1 aliphatic rings. The molecule has 0 radical (unpaired) electrons. The first-order valence-corrected chi connectivity index (χ1v) is 6.60. The van der Waals surface area contributed by atoms with Crippen LogP contribution in [0.2, 0.25) is 0 Å². The van der Waals surface area contributed by atoms with Crippen molar-refractivity contribution in [1.29, 1.82) is 0 Å². The zero-order valence-electron chi connectivity index (χ0n) is 9.24. The highest BCUT2D eigenvalue weighted by atomic mass is 32.1. The monoisotopic (exact) mass is 239 g/mol. The number of thiazole rings is 1. The van der Waals surface area contributed by atoms with Crippen molar-refractivity contribution < 1.29 is 4.79 Å². The lowest BCUT2D eigenvalue weighted by atomic mass is 10.3. The van der Waals surface area contributed by atoms with E-state index in [4.69, 9.17) is 5.73 Å². The van der Waals surface area contributed by atoms with Crippen LogP contribution in [-0.4, -0.2) is 24.0 Å². The molecular weight excluding hydrogens is 222 g/mol. The maximum Gasteiger partial charge on any atom is 0.270 e. The lowest BCUT2D eigenvalue weighted by Crippen LogP contribution is -2.25. The minimum atomic E-state index is -0.0554. The maximum absolute atomic E-state index is 11.7. The molecule has 0 bridgehead atoms. The van der Waals surface area contributed by atoms with E-state index >= 15 is 0 Å². The number of nitrogens with one attached hydrogen (secondary N) is 1. The molecule has 1 saturated carbocycles. The van der Waals surface area contributed by atoms with Gasteiger partial charge >= 0.3 is 0 Å². The summed E-state index contributed by atoms with van der Waals surface area (Å²) in [6.45, 7) is 1.35. The van der Waals surface area contributed by atoms with Gasteiger partial charge in [0, 0.05) is 18.3 Å². The van der Waals surface area contributed by atoms with Crippen LogP contribution in [0.25, 0.3) is 0 Å². The number of carbonyl (C=O) groups excluding carboxylic acids is 1. The van der Waals surface area contributed by atoms with E-state index in [1.807, 2.05) is 0 Å². The molecule has 1 heterocycles. The minimum Gasteiger partial charge on any atom is -0.351 e. The summed E-state index contributed by atoms with van der Waals surface area (Å²) in [6, 6.07) is 0. The molecule has 0 aromatic carbocycles. The fraction of sp³-hybridized carbons (Fsp3) is 0.636. The van der Waals surface area contributed by atoms with Gasteiger partial charge in [0.15, 0.2) is 0 Å². The Bertz CT molecular complexity index is 360. The maximum atomic E-state index is 11.7. The van der Waals surface area contributed by atoms with E-state index in [0.717, 1.165) is 30.3 Å². The summed E-state index contributed by atoms with van der Waals surface area (Å²) < 4.78 is 0. The topological polar surface area (TPSA) is 68.0 Å². The standard InChI is InChI=1S/C11H17N3OS/c12-5-3-10-14-9(7-16-10)11(15)13-6-4-8-1-2-8/h7-8H,1-6,12H2,(H,13,15). The summed E-state index contributed by atoms with van der Waals surface area (Å²) in [5.74, 6) is 0.795. The molecule has 0 saturated heterocycles. The summed E-state index contributed by atoms with van der Waals surface area (Å²) in [5, 5.41) is 5.64. The van der Waals surface area contributed by atoms with Crippen molar-refractivity contribution in [3.8, 4) is 0 Å². The third kappa shape index (κ3) is 3.28. The van der Waals surface area contributed by atoms with Crippen LogP contribution in [0.3, 0.4) is 0 Å². The average Bonchev–Trinajstić information content (AvgIpc) is 2.97. The highest BCUT2D eigenvalue weighted by molar-refractivity contribution is 7.09. The van der Waals surface area contributed by atoms with Gasteiger partial charge in [0.05, 0.1) is 5.01 Å². The number of carbonyl (C=O) groups is 1. The second-order valence-electron chi connectivity index (χ2n) is 4.15. The number of nitrogens with zero attached hydrogens (tertiary/aromatic N) is 1. The van der Waals surface area contributed by atoms with Crippen LogP contribution in [0.4, 0.5) is 0 Å². The first-order chi connectivity index (χ1) is 7.79. The highest BCUT2D eigenvalue weighted by Gasteiger charge is 2.20. The molecular formula is C11H17N3OS. The average molecular weight is 239 g/mol. The first kappa shape index (κ1) is 11.5. The summed E-state index contributed by atoms with van der Waals surface area (Å²) in [4.78, 5) is 15.9. The van der Waals surface area contributed by atoms with E-state index in [-0.39, 0.29) is 5.91 Å².